The van der Waals surface area contributed by atoms with E-state index in [1.54, 1.807) is 25.3 Å². The zero-order chi connectivity index (χ0) is 30.3. The minimum Gasteiger partial charge on any atom is -0.370 e. The van der Waals surface area contributed by atoms with Crippen molar-refractivity contribution in [1.82, 2.24) is 20.2 Å². The molecule has 43 heavy (non-hydrogen) atoms. The molecule has 0 spiro atoms. The van der Waals surface area contributed by atoms with Crippen molar-refractivity contribution in [3.8, 4) is 0 Å². The first-order valence-electron chi connectivity index (χ1n) is 15.1. The van der Waals surface area contributed by atoms with Crippen molar-refractivity contribution in [1.29, 1.82) is 0 Å². The van der Waals surface area contributed by atoms with Gasteiger partial charge in [0.25, 0.3) is 11.8 Å². The summed E-state index contributed by atoms with van der Waals surface area (Å²) in [6, 6.07) is 7.34. The highest BCUT2D eigenvalue weighted by atomic mass is 16.2. The van der Waals surface area contributed by atoms with E-state index in [0.717, 1.165) is 67.0 Å². The van der Waals surface area contributed by atoms with Gasteiger partial charge in [-0.2, -0.15) is 4.98 Å². The summed E-state index contributed by atoms with van der Waals surface area (Å²) >= 11 is 0. The van der Waals surface area contributed by atoms with E-state index < -0.39 is 29.7 Å². The first-order chi connectivity index (χ1) is 20.9. The number of carbonyl (C=O) groups excluding carboxylic acids is 4. The van der Waals surface area contributed by atoms with Crippen LogP contribution in [0.15, 0.2) is 65.9 Å². The van der Waals surface area contributed by atoms with Crippen molar-refractivity contribution in [2.45, 2.75) is 77.2 Å². The number of unbranched alkanes of at least 4 members (excludes halogenated alkanes) is 3. The highest BCUT2D eigenvalue weighted by Gasteiger charge is 2.45. The largest absolute Gasteiger partial charge is 0.370 e. The molecule has 3 aliphatic rings. The summed E-state index contributed by atoms with van der Waals surface area (Å²) < 4.78 is 0. The van der Waals surface area contributed by atoms with Gasteiger partial charge in [0.15, 0.2) is 0 Å². The van der Waals surface area contributed by atoms with Crippen LogP contribution in [-0.2, 0) is 32.0 Å². The standard InChI is InChI=1S/C33H38N6O4/c1-3-9-23(29-21(2)31(42)39(32(29)43)26-15-16-28(40)38-30(26)41)10-6-4-5-7-18-34-27-17-19-35-33(37-27)36-25-14-13-22-11-8-12-24(22)20-25/h3,9,13-14,17,19-20,26H,1,4-8,10-12,15-16,18H2,2H3,(H,38,40,41)(H2,34,35,36,37)/b23-9-. The lowest BCUT2D eigenvalue weighted by Gasteiger charge is -2.28. The lowest BCUT2D eigenvalue weighted by Crippen LogP contribution is -2.54. The Morgan fingerprint density at radius 3 is 2.67 bits per heavy atom. The molecule has 2 aliphatic heterocycles. The molecule has 3 N–H and O–H groups in total. The summed E-state index contributed by atoms with van der Waals surface area (Å²) in [5, 5.41) is 8.91. The van der Waals surface area contributed by atoms with Crippen LogP contribution >= 0.6 is 0 Å². The maximum absolute atomic E-state index is 13.3. The topological polar surface area (TPSA) is 133 Å². The molecule has 10 nitrogen and oxygen atoms in total. The van der Waals surface area contributed by atoms with Crippen LogP contribution < -0.4 is 16.0 Å². The second kappa shape index (κ2) is 13.6. The number of hydrogen-bond acceptors (Lipinski definition) is 8. The minimum absolute atomic E-state index is 0.0937. The lowest BCUT2D eigenvalue weighted by atomic mass is 9.96. The number of benzene rings is 1. The smallest absolute Gasteiger partial charge is 0.262 e. The molecular weight excluding hydrogens is 544 g/mol. The van der Waals surface area contributed by atoms with Crippen molar-refractivity contribution in [2.75, 3.05) is 17.2 Å². The van der Waals surface area contributed by atoms with Gasteiger partial charge in [-0.05, 0) is 86.8 Å². The zero-order valence-corrected chi connectivity index (χ0v) is 24.6. The molecule has 5 rings (SSSR count). The second-order valence-electron chi connectivity index (χ2n) is 11.2. The number of imide groups is 2. The van der Waals surface area contributed by atoms with Crippen LogP contribution in [0.3, 0.4) is 0 Å². The number of piperidine rings is 1. The van der Waals surface area contributed by atoms with E-state index in [1.165, 1.54) is 17.5 Å². The first kappa shape index (κ1) is 29.9. The number of carbonyl (C=O) groups is 4. The molecule has 4 amide bonds. The van der Waals surface area contributed by atoms with E-state index in [0.29, 0.717) is 23.5 Å². The van der Waals surface area contributed by atoms with Gasteiger partial charge in [0.1, 0.15) is 11.9 Å². The van der Waals surface area contributed by atoms with Crippen molar-refractivity contribution in [3.63, 3.8) is 0 Å². The predicted molar refractivity (Wildman–Crippen MR) is 164 cm³/mol. The molecule has 224 valence electrons. The fraction of sp³-hybridized carbons (Fsp3) is 0.394. The predicted octanol–water partition coefficient (Wildman–Crippen LogP) is 4.67. The summed E-state index contributed by atoms with van der Waals surface area (Å²) in [6.07, 6.45) is 13.1. The molecule has 10 heteroatoms. The third kappa shape index (κ3) is 6.90. The molecule has 1 aromatic carbocycles. The number of anilines is 3. The van der Waals surface area contributed by atoms with E-state index in [-0.39, 0.29) is 12.8 Å². The number of aryl methyl sites for hydroxylation is 2. The molecule has 0 radical (unpaired) electrons. The molecule has 1 aliphatic carbocycles. The fourth-order valence-electron chi connectivity index (χ4n) is 5.99. The van der Waals surface area contributed by atoms with Crippen molar-refractivity contribution < 1.29 is 19.2 Å². The van der Waals surface area contributed by atoms with E-state index in [1.807, 2.05) is 6.07 Å². The number of amides is 4. The molecule has 1 aromatic heterocycles. The summed E-state index contributed by atoms with van der Waals surface area (Å²) in [5.74, 6) is -0.636. The van der Waals surface area contributed by atoms with Gasteiger partial charge in [0.2, 0.25) is 17.8 Å². The molecule has 1 saturated heterocycles. The maximum atomic E-state index is 13.3. The Morgan fingerprint density at radius 2 is 1.86 bits per heavy atom. The van der Waals surface area contributed by atoms with Gasteiger partial charge in [-0.3, -0.25) is 29.4 Å². The average Bonchev–Trinajstić information content (AvgIpc) is 3.54. The van der Waals surface area contributed by atoms with Crippen LogP contribution in [0.4, 0.5) is 17.5 Å². The fourth-order valence-corrected chi connectivity index (χ4v) is 5.99. The quantitative estimate of drug-likeness (QED) is 0.176. The lowest BCUT2D eigenvalue weighted by molar-refractivity contribution is -0.150. The Labute approximate surface area is 251 Å². The van der Waals surface area contributed by atoms with Gasteiger partial charge in [0.05, 0.1) is 5.57 Å². The SMILES string of the molecule is C=C/C=C(/CCCCCCNc1ccnc(Nc2ccc3c(c2)CCC3)n1)C1=C(C)C(=O)N(C2CCC(=O)NC2=O)C1=O. The van der Waals surface area contributed by atoms with Gasteiger partial charge in [-0.25, -0.2) is 4.98 Å². The summed E-state index contributed by atoms with van der Waals surface area (Å²) in [4.78, 5) is 60.2. The van der Waals surface area contributed by atoms with Crippen LogP contribution in [0.5, 0.6) is 0 Å². The van der Waals surface area contributed by atoms with Gasteiger partial charge in [-0.1, -0.05) is 37.6 Å². The minimum atomic E-state index is -0.969. The van der Waals surface area contributed by atoms with Crippen molar-refractivity contribution in [2.24, 2.45) is 0 Å². The number of fused-ring (bicyclic) bond motifs is 1. The van der Waals surface area contributed by atoms with E-state index in [9.17, 15) is 19.2 Å². The Kier molecular flexibility index (Phi) is 9.44. The van der Waals surface area contributed by atoms with Crippen molar-refractivity contribution in [3.05, 3.63) is 77.0 Å². The highest BCUT2D eigenvalue weighted by Crippen LogP contribution is 2.32. The summed E-state index contributed by atoms with van der Waals surface area (Å²) in [7, 11) is 0. The summed E-state index contributed by atoms with van der Waals surface area (Å²) in [5.41, 5.74) is 5.23. The number of allylic oxidation sites excluding steroid dienone is 2. The second-order valence-corrected chi connectivity index (χ2v) is 11.2. The monoisotopic (exact) mass is 582 g/mol. The van der Waals surface area contributed by atoms with Gasteiger partial charge in [0, 0.05) is 30.4 Å². The maximum Gasteiger partial charge on any atom is 0.262 e. The van der Waals surface area contributed by atoms with Crippen LogP contribution in [0.25, 0.3) is 0 Å². The Balaban J connectivity index is 1.07. The van der Waals surface area contributed by atoms with Crippen LogP contribution in [0.1, 0.15) is 69.4 Å². The first-order valence-corrected chi connectivity index (χ1v) is 15.1. The van der Waals surface area contributed by atoms with E-state index in [2.05, 4.69) is 50.7 Å². The molecule has 0 saturated carbocycles. The van der Waals surface area contributed by atoms with Crippen LogP contribution in [-0.4, -0.2) is 51.1 Å². The zero-order valence-electron chi connectivity index (χ0n) is 24.6. The Hall–Kier alpha value is -4.60. The third-order valence-corrected chi connectivity index (χ3v) is 8.20. The number of hydrogen-bond donors (Lipinski definition) is 3. The van der Waals surface area contributed by atoms with Crippen LogP contribution in [0, 0.1) is 0 Å². The number of rotatable bonds is 13. The summed E-state index contributed by atoms with van der Waals surface area (Å²) in [6.45, 7) is 6.16. The molecule has 2 aromatic rings. The van der Waals surface area contributed by atoms with Gasteiger partial charge in [-0.15, -0.1) is 0 Å². The molecule has 1 unspecified atom stereocenters. The molecule has 1 fully saturated rings. The molecular formula is C33H38N6O4. The van der Waals surface area contributed by atoms with Gasteiger partial charge < -0.3 is 10.6 Å². The third-order valence-electron chi connectivity index (χ3n) is 8.20. The van der Waals surface area contributed by atoms with E-state index >= 15 is 0 Å². The van der Waals surface area contributed by atoms with E-state index in [4.69, 9.17) is 0 Å². The molecule has 0 bridgehead atoms. The normalized spacial score (nSPS) is 18.7. The Bertz CT molecular complexity index is 1510. The number of nitrogens with one attached hydrogen (secondary N) is 3. The van der Waals surface area contributed by atoms with Gasteiger partial charge >= 0.3 is 0 Å². The number of aromatic nitrogens is 2. The molecule has 3 heterocycles. The Morgan fingerprint density at radius 1 is 1.05 bits per heavy atom. The average molecular weight is 583 g/mol. The molecule has 1 atom stereocenters. The van der Waals surface area contributed by atoms with Crippen molar-refractivity contribution >= 4 is 41.1 Å². The van der Waals surface area contributed by atoms with Crippen LogP contribution in [0.2, 0.25) is 0 Å². The highest BCUT2D eigenvalue weighted by molar-refractivity contribution is 6.23. The number of nitrogens with zero attached hydrogens (tertiary/aromatic N) is 3.